The van der Waals surface area contributed by atoms with Gasteiger partial charge in [0.15, 0.2) is 0 Å². The highest BCUT2D eigenvalue weighted by Gasteiger charge is 2.31. The molecule has 6 nitrogen and oxygen atoms in total. The third kappa shape index (κ3) is 4.15. The molecule has 2 aliphatic rings. The molecule has 1 N–H and O–H groups in total. The van der Waals surface area contributed by atoms with Crippen molar-refractivity contribution < 1.29 is 13.2 Å². The number of hydrogen-bond donors (Lipinski definition) is 1. The van der Waals surface area contributed by atoms with Gasteiger partial charge in [0.1, 0.15) is 0 Å². The zero-order valence-electron chi connectivity index (χ0n) is 14.8. The second kappa shape index (κ2) is 7.74. The third-order valence-electron chi connectivity index (χ3n) is 5.17. The van der Waals surface area contributed by atoms with E-state index in [1.165, 1.54) is 23.6 Å². The Labute approximate surface area is 150 Å². The maximum Gasteiger partial charge on any atom is 0.317 e. The number of nitrogens with zero attached hydrogens (tertiary/aromatic N) is 2. The van der Waals surface area contributed by atoms with Gasteiger partial charge in [-0.15, -0.1) is 0 Å². The van der Waals surface area contributed by atoms with Gasteiger partial charge in [0.2, 0.25) is 10.0 Å². The molecule has 0 unspecified atom stereocenters. The quantitative estimate of drug-likeness (QED) is 0.894. The van der Waals surface area contributed by atoms with E-state index >= 15 is 0 Å². The summed E-state index contributed by atoms with van der Waals surface area (Å²) in [6.07, 6.45) is 5.70. The van der Waals surface area contributed by atoms with Gasteiger partial charge in [-0.2, -0.15) is 4.31 Å². The predicted octanol–water partition coefficient (Wildman–Crippen LogP) is 2.34. The number of nitrogens with one attached hydrogen (secondary N) is 1. The standard InChI is InChI=1S/C18H27N3O3S/c1-15-7-5-6-10-17(15)25(23,24)21-13-11-20(12-14-21)18(22)19-16-8-3-2-4-9-16/h5-7,10,16H,2-4,8-9,11-14H2,1H3,(H,19,22). The summed E-state index contributed by atoms with van der Waals surface area (Å²) in [4.78, 5) is 14.5. The summed E-state index contributed by atoms with van der Waals surface area (Å²) in [5.41, 5.74) is 0.750. The normalized spacial score (nSPS) is 20.4. The van der Waals surface area contributed by atoms with Crippen molar-refractivity contribution in [3.63, 3.8) is 0 Å². The minimum Gasteiger partial charge on any atom is -0.335 e. The molecule has 0 radical (unpaired) electrons. The van der Waals surface area contributed by atoms with E-state index < -0.39 is 10.0 Å². The van der Waals surface area contributed by atoms with Gasteiger partial charge < -0.3 is 10.2 Å². The Balaban J connectivity index is 1.58. The lowest BCUT2D eigenvalue weighted by molar-refractivity contribution is 0.166. The van der Waals surface area contributed by atoms with Gasteiger partial charge in [0.05, 0.1) is 4.90 Å². The number of carbonyl (C=O) groups excluding carboxylic acids is 1. The Hall–Kier alpha value is -1.60. The van der Waals surface area contributed by atoms with Gasteiger partial charge in [-0.25, -0.2) is 13.2 Å². The number of hydrogen-bond acceptors (Lipinski definition) is 3. The Morgan fingerprint density at radius 2 is 1.68 bits per heavy atom. The largest absolute Gasteiger partial charge is 0.335 e. The molecule has 1 aromatic rings. The van der Waals surface area contributed by atoms with Crippen LogP contribution in [0.2, 0.25) is 0 Å². The van der Waals surface area contributed by atoms with Crippen LogP contribution in [0.15, 0.2) is 29.2 Å². The molecule has 2 fully saturated rings. The van der Waals surface area contributed by atoms with Crippen LogP contribution in [0.4, 0.5) is 4.79 Å². The molecule has 1 saturated heterocycles. The molecule has 7 heteroatoms. The fourth-order valence-electron chi connectivity index (χ4n) is 3.63. The molecule has 2 amide bonds. The average molecular weight is 365 g/mol. The first-order valence-electron chi connectivity index (χ1n) is 9.10. The van der Waals surface area contributed by atoms with Crippen molar-refractivity contribution in [3.8, 4) is 0 Å². The lowest BCUT2D eigenvalue weighted by Gasteiger charge is -2.35. The van der Waals surface area contributed by atoms with Crippen LogP contribution in [0.3, 0.4) is 0 Å². The van der Waals surface area contributed by atoms with Gasteiger partial charge in [-0.1, -0.05) is 37.5 Å². The summed E-state index contributed by atoms with van der Waals surface area (Å²) in [6.45, 7) is 3.36. The molecule has 138 valence electrons. The third-order valence-corrected chi connectivity index (χ3v) is 7.23. The van der Waals surface area contributed by atoms with Crippen molar-refractivity contribution in [3.05, 3.63) is 29.8 Å². The Bertz CT molecular complexity index is 706. The highest BCUT2D eigenvalue weighted by molar-refractivity contribution is 7.89. The van der Waals surface area contributed by atoms with E-state index in [4.69, 9.17) is 0 Å². The maximum atomic E-state index is 12.8. The smallest absolute Gasteiger partial charge is 0.317 e. The molecule has 0 atom stereocenters. The molecule has 1 heterocycles. The molecule has 0 spiro atoms. The molecule has 1 aliphatic heterocycles. The highest BCUT2D eigenvalue weighted by Crippen LogP contribution is 2.21. The molecule has 1 saturated carbocycles. The van der Waals surface area contributed by atoms with Crippen LogP contribution < -0.4 is 5.32 Å². The second-order valence-corrected chi connectivity index (χ2v) is 8.85. The first-order chi connectivity index (χ1) is 12.0. The van der Waals surface area contributed by atoms with Crippen molar-refractivity contribution in [2.75, 3.05) is 26.2 Å². The molecule has 0 bridgehead atoms. The van der Waals surface area contributed by atoms with Crippen molar-refractivity contribution >= 4 is 16.1 Å². The number of benzene rings is 1. The van der Waals surface area contributed by atoms with E-state index in [1.807, 2.05) is 6.07 Å². The lowest BCUT2D eigenvalue weighted by Crippen LogP contribution is -2.54. The predicted molar refractivity (Wildman–Crippen MR) is 96.9 cm³/mol. The van der Waals surface area contributed by atoms with Crippen LogP contribution in [0.1, 0.15) is 37.7 Å². The van der Waals surface area contributed by atoms with E-state index in [-0.39, 0.29) is 12.1 Å². The van der Waals surface area contributed by atoms with Crippen molar-refractivity contribution in [2.45, 2.75) is 50.0 Å². The molecule has 1 aliphatic carbocycles. The van der Waals surface area contributed by atoms with E-state index in [0.29, 0.717) is 31.1 Å². The van der Waals surface area contributed by atoms with Crippen LogP contribution in [-0.2, 0) is 10.0 Å². The summed E-state index contributed by atoms with van der Waals surface area (Å²) in [6, 6.07) is 7.25. The van der Waals surface area contributed by atoms with Crippen molar-refractivity contribution in [1.29, 1.82) is 0 Å². The summed E-state index contributed by atoms with van der Waals surface area (Å²) in [5, 5.41) is 3.10. The molecular formula is C18H27N3O3S. The monoisotopic (exact) mass is 365 g/mol. The van der Waals surface area contributed by atoms with Crippen molar-refractivity contribution in [2.24, 2.45) is 0 Å². The van der Waals surface area contributed by atoms with E-state index in [9.17, 15) is 13.2 Å². The molecule has 1 aromatic carbocycles. The highest BCUT2D eigenvalue weighted by atomic mass is 32.2. The summed E-state index contributed by atoms with van der Waals surface area (Å²) >= 11 is 0. The van der Waals surface area contributed by atoms with Crippen LogP contribution in [0.5, 0.6) is 0 Å². The minimum atomic E-state index is -3.49. The van der Waals surface area contributed by atoms with E-state index in [0.717, 1.165) is 18.4 Å². The lowest BCUT2D eigenvalue weighted by atomic mass is 9.96. The first kappa shape index (κ1) is 18.2. The molecule has 3 rings (SSSR count). The minimum absolute atomic E-state index is 0.0557. The molecule has 25 heavy (non-hydrogen) atoms. The van der Waals surface area contributed by atoms with Crippen LogP contribution in [-0.4, -0.2) is 55.9 Å². The van der Waals surface area contributed by atoms with Crippen LogP contribution in [0.25, 0.3) is 0 Å². The summed E-state index contributed by atoms with van der Waals surface area (Å²) < 4.78 is 27.1. The zero-order chi connectivity index (χ0) is 17.9. The van der Waals surface area contributed by atoms with Gasteiger partial charge in [-0.3, -0.25) is 0 Å². The number of aryl methyl sites for hydroxylation is 1. The molecule has 0 aromatic heterocycles. The fraction of sp³-hybridized carbons (Fsp3) is 0.611. The zero-order valence-corrected chi connectivity index (χ0v) is 15.6. The van der Waals surface area contributed by atoms with Crippen LogP contribution in [0, 0.1) is 6.92 Å². The van der Waals surface area contributed by atoms with Crippen LogP contribution >= 0.6 is 0 Å². The number of urea groups is 1. The van der Waals surface area contributed by atoms with E-state index in [1.54, 1.807) is 30.0 Å². The number of rotatable bonds is 3. The van der Waals surface area contributed by atoms with Gasteiger partial charge >= 0.3 is 6.03 Å². The summed E-state index contributed by atoms with van der Waals surface area (Å²) in [7, 11) is -3.49. The molecular weight excluding hydrogens is 338 g/mol. The fourth-order valence-corrected chi connectivity index (χ4v) is 5.28. The van der Waals surface area contributed by atoms with Crippen molar-refractivity contribution in [1.82, 2.24) is 14.5 Å². The second-order valence-electron chi connectivity index (χ2n) is 6.94. The van der Waals surface area contributed by atoms with Gasteiger partial charge in [0.25, 0.3) is 0 Å². The number of amides is 2. The number of piperazine rings is 1. The van der Waals surface area contributed by atoms with Gasteiger partial charge in [0, 0.05) is 32.2 Å². The Morgan fingerprint density at radius 3 is 2.32 bits per heavy atom. The number of sulfonamides is 1. The average Bonchev–Trinajstić information content (AvgIpc) is 2.63. The Kier molecular flexibility index (Phi) is 5.64. The summed E-state index contributed by atoms with van der Waals surface area (Å²) in [5.74, 6) is 0. The topological polar surface area (TPSA) is 69.7 Å². The first-order valence-corrected chi connectivity index (χ1v) is 10.5. The van der Waals surface area contributed by atoms with E-state index in [2.05, 4.69) is 5.32 Å². The Morgan fingerprint density at radius 1 is 1.04 bits per heavy atom. The number of carbonyl (C=O) groups is 1. The SMILES string of the molecule is Cc1ccccc1S(=O)(=O)N1CCN(C(=O)NC2CCCCC2)CC1. The van der Waals surface area contributed by atoms with Gasteiger partial charge in [-0.05, 0) is 31.4 Å². The maximum absolute atomic E-state index is 12.8.